The quantitative estimate of drug-likeness (QED) is 0.286. The molecule has 1 aromatic heterocycles. The molecule has 0 bridgehead atoms. The summed E-state index contributed by atoms with van der Waals surface area (Å²) >= 11 is 0. The molecule has 0 saturated heterocycles. The Kier molecular flexibility index (Phi) is 8.10. The molecular weight excluding hydrogens is 507 g/mol. The van der Waals surface area contributed by atoms with Gasteiger partial charge in [-0.2, -0.15) is 5.10 Å². The van der Waals surface area contributed by atoms with Crippen LogP contribution in [0.1, 0.15) is 18.1 Å². The van der Waals surface area contributed by atoms with E-state index < -0.39 is 0 Å². The van der Waals surface area contributed by atoms with Crippen molar-refractivity contribution in [2.45, 2.75) is 20.0 Å². The second kappa shape index (κ2) is 11.0. The number of benzene rings is 2. The number of ether oxygens (including phenoxy) is 2. The van der Waals surface area contributed by atoms with E-state index in [9.17, 15) is 0 Å². The lowest BCUT2D eigenvalue weighted by Crippen LogP contribution is -2.38. The lowest BCUT2D eigenvalue weighted by molar-refractivity contribution is 0.171. The number of aliphatic imine (C=N–C) groups is 1. The third-order valence-electron chi connectivity index (χ3n) is 4.75. The van der Waals surface area contributed by atoms with Gasteiger partial charge in [-0.25, -0.2) is 9.98 Å². The molecular formula is C22H27IN6O2. The van der Waals surface area contributed by atoms with Crippen molar-refractivity contribution in [1.29, 1.82) is 0 Å². The molecule has 2 N–H and O–H groups in total. The maximum atomic E-state index is 5.70. The van der Waals surface area contributed by atoms with Crippen molar-refractivity contribution in [3.63, 3.8) is 0 Å². The molecule has 0 saturated carbocycles. The molecule has 1 aliphatic rings. The molecule has 0 spiro atoms. The number of hydrogen-bond acceptors (Lipinski definition) is 5. The molecule has 0 atom stereocenters. The molecule has 8 nitrogen and oxygen atoms in total. The monoisotopic (exact) mass is 534 g/mol. The molecule has 31 heavy (non-hydrogen) atoms. The average molecular weight is 534 g/mol. The minimum atomic E-state index is 0. The van der Waals surface area contributed by atoms with Crippen LogP contribution in [-0.4, -0.2) is 52.8 Å². The molecule has 9 heteroatoms. The van der Waals surface area contributed by atoms with Gasteiger partial charge in [0, 0.05) is 25.7 Å². The molecule has 2 heterocycles. The van der Waals surface area contributed by atoms with Crippen molar-refractivity contribution in [1.82, 2.24) is 25.4 Å². The smallest absolute Gasteiger partial charge is 0.194 e. The number of rotatable bonds is 6. The van der Waals surface area contributed by atoms with E-state index in [2.05, 4.69) is 50.5 Å². The summed E-state index contributed by atoms with van der Waals surface area (Å²) < 4.78 is 11.3. The summed E-state index contributed by atoms with van der Waals surface area (Å²) in [6.07, 6.45) is 1.51. The van der Waals surface area contributed by atoms with Crippen molar-refractivity contribution < 1.29 is 9.47 Å². The topological polar surface area (TPSA) is 87.7 Å². The van der Waals surface area contributed by atoms with E-state index in [4.69, 9.17) is 14.5 Å². The van der Waals surface area contributed by atoms with Crippen LogP contribution in [0.3, 0.4) is 0 Å². The Morgan fingerprint density at radius 1 is 1.13 bits per heavy atom. The number of H-pyrrole nitrogens is 1. The van der Waals surface area contributed by atoms with Crippen LogP contribution in [0.2, 0.25) is 0 Å². The fourth-order valence-electron chi connectivity index (χ4n) is 3.33. The number of halogens is 1. The van der Waals surface area contributed by atoms with Crippen molar-refractivity contribution in [3.05, 3.63) is 59.9 Å². The highest BCUT2D eigenvalue weighted by Gasteiger charge is 2.13. The number of aromatic amines is 1. The van der Waals surface area contributed by atoms with E-state index in [1.54, 1.807) is 0 Å². The minimum Gasteiger partial charge on any atom is -0.486 e. The first-order chi connectivity index (χ1) is 14.7. The largest absolute Gasteiger partial charge is 0.486 e. The molecule has 0 unspecified atom stereocenters. The molecule has 0 radical (unpaired) electrons. The Bertz CT molecular complexity index is 1010. The normalized spacial score (nSPS) is 12.8. The van der Waals surface area contributed by atoms with Gasteiger partial charge in [0.05, 0.1) is 6.54 Å². The lowest BCUT2D eigenvalue weighted by atomic mass is 10.1. The second-order valence-corrected chi connectivity index (χ2v) is 7.04. The van der Waals surface area contributed by atoms with Crippen LogP contribution in [-0.2, 0) is 13.1 Å². The highest BCUT2D eigenvalue weighted by atomic mass is 127. The Hall–Kier alpha value is -2.82. The maximum absolute atomic E-state index is 5.70. The number of nitrogens with one attached hydrogen (secondary N) is 2. The minimum absolute atomic E-state index is 0. The van der Waals surface area contributed by atoms with Crippen LogP contribution >= 0.6 is 24.0 Å². The zero-order valence-electron chi connectivity index (χ0n) is 17.7. The number of fused-ring (bicyclic) bond motifs is 1. The first-order valence-corrected chi connectivity index (χ1v) is 10.1. The molecule has 3 aromatic rings. The average Bonchev–Trinajstić information content (AvgIpc) is 3.32. The molecule has 0 aliphatic carbocycles. The van der Waals surface area contributed by atoms with E-state index in [1.807, 2.05) is 31.3 Å². The summed E-state index contributed by atoms with van der Waals surface area (Å²) in [5, 5.41) is 10.2. The van der Waals surface area contributed by atoms with Crippen molar-refractivity contribution in [3.8, 4) is 22.9 Å². The molecule has 2 aromatic carbocycles. The van der Waals surface area contributed by atoms with Crippen LogP contribution in [0, 0.1) is 0 Å². The van der Waals surface area contributed by atoms with Gasteiger partial charge in [-0.1, -0.05) is 24.3 Å². The SMILES string of the molecule is CCNC(=NCc1cccc(-c2ncn[nH]2)c1)N(C)Cc1ccc2c(c1)OCCO2.I. The highest BCUT2D eigenvalue weighted by Crippen LogP contribution is 2.31. The second-order valence-electron chi connectivity index (χ2n) is 7.04. The van der Waals surface area contributed by atoms with Gasteiger partial charge in [-0.15, -0.1) is 24.0 Å². The molecule has 164 valence electrons. The van der Waals surface area contributed by atoms with Crippen LogP contribution in [0.4, 0.5) is 0 Å². The van der Waals surface area contributed by atoms with Crippen molar-refractivity contribution >= 4 is 29.9 Å². The zero-order valence-corrected chi connectivity index (χ0v) is 20.0. The first kappa shape index (κ1) is 22.9. The number of nitrogens with zero attached hydrogens (tertiary/aromatic N) is 4. The van der Waals surface area contributed by atoms with E-state index in [1.165, 1.54) is 6.33 Å². The number of hydrogen-bond donors (Lipinski definition) is 2. The zero-order chi connectivity index (χ0) is 20.8. The fourth-order valence-corrected chi connectivity index (χ4v) is 3.33. The van der Waals surface area contributed by atoms with Gasteiger partial charge in [-0.05, 0) is 36.2 Å². The van der Waals surface area contributed by atoms with Gasteiger partial charge in [0.25, 0.3) is 0 Å². The van der Waals surface area contributed by atoms with Crippen molar-refractivity contribution in [2.75, 3.05) is 26.8 Å². The Morgan fingerprint density at radius 2 is 1.97 bits per heavy atom. The molecule has 4 rings (SSSR count). The summed E-state index contributed by atoms with van der Waals surface area (Å²) in [4.78, 5) is 11.1. The summed E-state index contributed by atoms with van der Waals surface area (Å²) in [6.45, 7) is 5.32. The van der Waals surface area contributed by atoms with Crippen molar-refractivity contribution in [2.24, 2.45) is 4.99 Å². The fraction of sp³-hybridized carbons (Fsp3) is 0.318. The lowest BCUT2D eigenvalue weighted by Gasteiger charge is -2.24. The van der Waals surface area contributed by atoms with Gasteiger partial charge in [0.1, 0.15) is 19.5 Å². The van der Waals surface area contributed by atoms with Crippen LogP contribution in [0.15, 0.2) is 53.8 Å². The summed E-state index contributed by atoms with van der Waals surface area (Å²) in [7, 11) is 2.03. The standard InChI is InChI=1S/C22H26N6O2.HI/c1-3-23-22(24-13-16-5-4-6-18(11-16)21-25-15-26-27-21)28(2)14-17-7-8-19-20(12-17)30-10-9-29-19;/h4-8,11-12,15H,3,9-10,13-14H2,1-2H3,(H,23,24)(H,25,26,27);1H. The molecule has 1 aliphatic heterocycles. The Balaban J connectivity index is 0.00000272. The van der Waals surface area contributed by atoms with Gasteiger partial charge in [0.15, 0.2) is 23.3 Å². The maximum Gasteiger partial charge on any atom is 0.194 e. The Labute approximate surface area is 199 Å². The Morgan fingerprint density at radius 3 is 2.74 bits per heavy atom. The molecule has 0 fully saturated rings. The van der Waals surface area contributed by atoms with E-state index in [0.29, 0.717) is 26.3 Å². The van der Waals surface area contributed by atoms with Gasteiger partial charge < -0.3 is 19.7 Å². The van der Waals surface area contributed by atoms with Crippen LogP contribution in [0.5, 0.6) is 11.5 Å². The number of aromatic nitrogens is 3. The number of guanidine groups is 1. The van der Waals surface area contributed by atoms with Gasteiger partial charge in [0.2, 0.25) is 0 Å². The predicted molar refractivity (Wildman–Crippen MR) is 131 cm³/mol. The predicted octanol–water partition coefficient (Wildman–Crippen LogP) is 3.46. The third kappa shape index (κ3) is 5.87. The first-order valence-electron chi connectivity index (χ1n) is 10.1. The molecule has 0 amide bonds. The van der Waals surface area contributed by atoms with E-state index >= 15 is 0 Å². The summed E-state index contributed by atoms with van der Waals surface area (Å²) in [5.74, 6) is 3.21. The third-order valence-corrected chi connectivity index (χ3v) is 4.75. The van der Waals surface area contributed by atoms with E-state index in [-0.39, 0.29) is 24.0 Å². The van der Waals surface area contributed by atoms with E-state index in [0.717, 1.165) is 46.5 Å². The highest BCUT2D eigenvalue weighted by molar-refractivity contribution is 14.0. The van der Waals surface area contributed by atoms with Crippen LogP contribution < -0.4 is 14.8 Å². The summed E-state index contributed by atoms with van der Waals surface area (Å²) in [6, 6.07) is 14.2. The summed E-state index contributed by atoms with van der Waals surface area (Å²) in [5.41, 5.74) is 3.24. The van der Waals surface area contributed by atoms with Gasteiger partial charge >= 0.3 is 0 Å². The van der Waals surface area contributed by atoms with Gasteiger partial charge in [-0.3, -0.25) is 5.10 Å². The van der Waals surface area contributed by atoms with Crippen LogP contribution in [0.25, 0.3) is 11.4 Å².